The van der Waals surface area contributed by atoms with Gasteiger partial charge in [-0.3, -0.25) is 0 Å². The van der Waals surface area contributed by atoms with Crippen LogP contribution in [0.4, 0.5) is 5.69 Å². The largest absolute Gasteiger partial charge is 0.398 e. The van der Waals surface area contributed by atoms with Gasteiger partial charge in [-0.1, -0.05) is 48.5 Å². The van der Waals surface area contributed by atoms with E-state index >= 15 is 0 Å². The first-order chi connectivity index (χ1) is 9.77. The zero-order valence-electron chi connectivity index (χ0n) is 11.5. The number of aryl methyl sites for hydroxylation is 1. The van der Waals surface area contributed by atoms with E-state index in [9.17, 15) is 5.11 Å². The van der Waals surface area contributed by atoms with E-state index in [1.807, 2.05) is 36.4 Å². The standard InChI is InChI=1S/C17H21NO2/c18-16-11-5-4-10-15(16)17(19)13-20-12-6-9-14-7-2-1-3-8-14/h1-5,7-8,10-11,17,19H,6,9,12-13,18H2. The first kappa shape index (κ1) is 14.6. The number of nitrogens with two attached hydrogens (primary N) is 1. The van der Waals surface area contributed by atoms with Crippen LogP contribution in [-0.2, 0) is 11.2 Å². The Morgan fingerprint density at radius 2 is 1.70 bits per heavy atom. The van der Waals surface area contributed by atoms with Crippen LogP contribution in [0.3, 0.4) is 0 Å². The average molecular weight is 271 g/mol. The lowest BCUT2D eigenvalue weighted by Gasteiger charge is -2.13. The van der Waals surface area contributed by atoms with Gasteiger partial charge in [0.15, 0.2) is 0 Å². The monoisotopic (exact) mass is 271 g/mol. The van der Waals surface area contributed by atoms with Crippen molar-refractivity contribution in [3.05, 3.63) is 65.7 Å². The molecule has 3 heteroatoms. The predicted molar refractivity (Wildman–Crippen MR) is 81.4 cm³/mol. The lowest BCUT2D eigenvalue weighted by atomic mass is 10.1. The molecule has 0 amide bonds. The number of aliphatic hydroxyl groups is 1. The molecule has 2 rings (SSSR count). The van der Waals surface area contributed by atoms with E-state index in [4.69, 9.17) is 10.5 Å². The minimum absolute atomic E-state index is 0.281. The van der Waals surface area contributed by atoms with Crippen molar-refractivity contribution in [2.45, 2.75) is 18.9 Å². The molecule has 106 valence electrons. The highest BCUT2D eigenvalue weighted by Crippen LogP contribution is 2.19. The van der Waals surface area contributed by atoms with Gasteiger partial charge in [0.1, 0.15) is 6.10 Å². The Hall–Kier alpha value is -1.84. The summed E-state index contributed by atoms with van der Waals surface area (Å²) in [4.78, 5) is 0. The molecule has 0 aliphatic rings. The lowest BCUT2D eigenvalue weighted by Crippen LogP contribution is -2.10. The smallest absolute Gasteiger partial charge is 0.104 e. The van der Waals surface area contributed by atoms with Gasteiger partial charge in [0.05, 0.1) is 6.61 Å². The molecular weight excluding hydrogens is 250 g/mol. The summed E-state index contributed by atoms with van der Waals surface area (Å²) < 4.78 is 5.52. The number of para-hydroxylation sites is 1. The zero-order valence-corrected chi connectivity index (χ0v) is 11.5. The summed E-state index contributed by atoms with van der Waals surface area (Å²) in [5.41, 5.74) is 8.46. The molecular formula is C17H21NO2. The zero-order chi connectivity index (χ0) is 14.2. The van der Waals surface area contributed by atoms with Crippen molar-refractivity contribution in [2.75, 3.05) is 18.9 Å². The third kappa shape index (κ3) is 4.37. The molecule has 0 aliphatic heterocycles. The quantitative estimate of drug-likeness (QED) is 0.601. The van der Waals surface area contributed by atoms with E-state index in [0.717, 1.165) is 18.4 Å². The van der Waals surface area contributed by atoms with Crippen molar-refractivity contribution in [1.29, 1.82) is 0 Å². The van der Waals surface area contributed by atoms with Gasteiger partial charge in [-0.15, -0.1) is 0 Å². The van der Waals surface area contributed by atoms with Crippen LogP contribution in [0.5, 0.6) is 0 Å². The summed E-state index contributed by atoms with van der Waals surface area (Å²) in [6, 6.07) is 17.6. The molecule has 20 heavy (non-hydrogen) atoms. The molecule has 1 atom stereocenters. The molecule has 0 saturated heterocycles. The minimum Gasteiger partial charge on any atom is -0.398 e. The molecule has 0 heterocycles. The first-order valence-corrected chi connectivity index (χ1v) is 6.91. The number of hydrogen-bond acceptors (Lipinski definition) is 3. The van der Waals surface area contributed by atoms with Crippen molar-refractivity contribution in [3.8, 4) is 0 Å². The van der Waals surface area contributed by atoms with Crippen LogP contribution >= 0.6 is 0 Å². The van der Waals surface area contributed by atoms with Crippen molar-refractivity contribution < 1.29 is 9.84 Å². The number of ether oxygens (including phenoxy) is 1. The summed E-state index contributed by atoms with van der Waals surface area (Å²) in [5, 5.41) is 10.0. The Morgan fingerprint density at radius 3 is 2.45 bits per heavy atom. The summed E-state index contributed by atoms with van der Waals surface area (Å²) in [7, 11) is 0. The second kappa shape index (κ2) is 7.68. The SMILES string of the molecule is Nc1ccccc1C(O)COCCCc1ccccc1. The maximum absolute atomic E-state index is 10.0. The molecule has 0 spiro atoms. The van der Waals surface area contributed by atoms with Gasteiger partial charge in [-0.25, -0.2) is 0 Å². The van der Waals surface area contributed by atoms with Gasteiger partial charge in [-0.05, 0) is 24.5 Å². The van der Waals surface area contributed by atoms with E-state index in [-0.39, 0.29) is 6.61 Å². The van der Waals surface area contributed by atoms with E-state index in [2.05, 4.69) is 12.1 Å². The van der Waals surface area contributed by atoms with Crippen LogP contribution in [0.25, 0.3) is 0 Å². The second-order valence-electron chi connectivity index (χ2n) is 4.81. The van der Waals surface area contributed by atoms with Gasteiger partial charge >= 0.3 is 0 Å². The number of rotatable bonds is 7. The molecule has 1 unspecified atom stereocenters. The Labute approximate surface area is 120 Å². The van der Waals surface area contributed by atoms with Crippen molar-refractivity contribution in [1.82, 2.24) is 0 Å². The summed E-state index contributed by atoms with van der Waals surface area (Å²) in [6.07, 6.45) is 1.28. The fourth-order valence-electron chi connectivity index (χ4n) is 2.12. The van der Waals surface area contributed by atoms with E-state index in [1.54, 1.807) is 6.07 Å². The number of benzene rings is 2. The molecule has 2 aromatic carbocycles. The van der Waals surface area contributed by atoms with E-state index in [0.29, 0.717) is 12.3 Å². The minimum atomic E-state index is -0.659. The molecule has 0 aliphatic carbocycles. The highest BCUT2D eigenvalue weighted by atomic mass is 16.5. The van der Waals surface area contributed by atoms with E-state index in [1.165, 1.54) is 5.56 Å². The fraction of sp³-hybridized carbons (Fsp3) is 0.294. The summed E-state index contributed by atoms with van der Waals surface area (Å²) >= 11 is 0. The number of anilines is 1. The lowest BCUT2D eigenvalue weighted by molar-refractivity contribution is 0.0355. The van der Waals surface area contributed by atoms with Crippen molar-refractivity contribution in [3.63, 3.8) is 0 Å². The Balaban J connectivity index is 1.67. The Morgan fingerprint density at radius 1 is 1.00 bits per heavy atom. The van der Waals surface area contributed by atoms with Gasteiger partial charge < -0.3 is 15.6 Å². The first-order valence-electron chi connectivity index (χ1n) is 6.91. The molecule has 3 nitrogen and oxygen atoms in total. The maximum Gasteiger partial charge on any atom is 0.104 e. The average Bonchev–Trinajstić information content (AvgIpc) is 2.48. The van der Waals surface area contributed by atoms with Crippen molar-refractivity contribution in [2.24, 2.45) is 0 Å². The van der Waals surface area contributed by atoms with E-state index < -0.39 is 6.10 Å². The molecule has 0 fully saturated rings. The third-order valence-corrected chi connectivity index (χ3v) is 3.23. The van der Waals surface area contributed by atoms with Crippen LogP contribution in [0.15, 0.2) is 54.6 Å². The fourth-order valence-corrected chi connectivity index (χ4v) is 2.12. The molecule has 2 aromatic rings. The highest BCUT2D eigenvalue weighted by Gasteiger charge is 2.10. The maximum atomic E-state index is 10.0. The molecule has 0 radical (unpaired) electrons. The number of hydrogen-bond donors (Lipinski definition) is 2. The summed E-state index contributed by atoms with van der Waals surface area (Å²) in [5.74, 6) is 0. The number of nitrogen functional groups attached to an aromatic ring is 1. The highest BCUT2D eigenvalue weighted by molar-refractivity contribution is 5.47. The topological polar surface area (TPSA) is 55.5 Å². The third-order valence-electron chi connectivity index (χ3n) is 3.23. The van der Waals surface area contributed by atoms with Crippen molar-refractivity contribution >= 4 is 5.69 Å². The van der Waals surface area contributed by atoms with Crippen LogP contribution in [0.2, 0.25) is 0 Å². The normalized spacial score (nSPS) is 12.2. The molecule has 0 bridgehead atoms. The molecule has 0 aromatic heterocycles. The number of aliphatic hydroxyl groups excluding tert-OH is 1. The van der Waals surface area contributed by atoms with Gasteiger partial charge in [0.25, 0.3) is 0 Å². The summed E-state index contributed by atoms with van der Waals surface area (Å²) in [6.45, 7) is 0.918. The second-order valence-corrected chi connectivity index (χ2v) is 4.81. The van der Waals surface area contributed by atoms with Crippen LogP contribution in [0.1, 0.15) is 23.7 Å². The van der Waals surface area contributed by atoms with Crippen LogP contribution in [-0.4, -0.2) is 18.3 Å². The van der Waals surface area contributed by atoms with Crippen LogP contribution < -0.4 is 5.73 Å². The molecule has 0 saturated carbocycles. The molecule has 3 N–H and O–H groups in total. The van der Waals surface area contributed by atoms with Gasteiger partial charge in [-0.2, -0.15) is 0 Å². The Bertz CT molecular complexity index is 513. The van der Waals surface area contributed by atoms with Gasteiger partial charge in [0, 0.05) is 17.9 Å². The van der Waals surface area contributed by atoms with Crippen LogP contribution in [0, 0.1) is 0 Å². The predicted octanol–water partition coefficient (Wildman–Crippen LogP) is 2.95. The van der Waals surface area contributed by atoms with Gasteiger partial charge in [0.2, 0.25) is 0 Å². The Kier molecular flexibility index (Phi) is 5.59.